The van der Waals surface area contributed by atoms with Gasteiger partial charge in [0.25, 0.3) is 0 Å². The molecule has 1 aliphatic rings. The molecule has 2 aromatic heterocycles. The predicted octanol–water partition coefficient (Wildman–Crippen LogP) is 5.84. The van der Waals surface area contributed by atoms with Crippen LogP contribution in [0, 0.1) is 5.82 Å². The van der Waals surface area contributed by atoms with Gasteiger partial charge in [-0.05, 0) is 106 Å². The summed E-state index contributed by atoms with van der Waals surface area (Å²) < 4.78 is 22.5. The summed E-state index contributed by atoms with van der Waals surface area (Å²) in [4.78, 5) is 20.3. The summed E-state index contributed by atoms with van der Waals surface area (Å²) in [6, 6.07) is 13.4. The fourth-order valence-electron chi connectivity index (χ4n) is 5.57. The molecule has 4 aromatic rings. The predicted molar refractivity (Wildman–Crippen MR) is 159 cm³/mol. The van der Waals surface area contributed by atoms with Gasteiger partial charge < -0.3 is 21.2 Å². The molecule has 1 saturated heterocycles. The molecule has 5 N–H and O–H groups in total. The minimum absolute atomic E-state index is 0.0646. The highest BCUT2D eigenvalue weighted by Gasteiger charge is 2.23. The van der Waals surface area contributed by atoms with Gasteiger partial charge in [-0.15, -0.1) is 0 Å². The van der Waals surface area contributed by atoms with Gasteiger partial charge in [-0.25, -0.2) is 9.18 Å². The Morgan fingerprint density at radius 3 is 2.77 bits per heavy atom. The quantitative estimate of drug-likeness (QED) is 0.223. The van der Waals surface area contributed by atoms with Crippen molar-refractivity contribution in [2.45, 2.75) is 69.9 Å². The first-order valence-corrected chi connectivity index (χ1v) is 14.5. The Balaban J connectivity index is 1.39. The molecule has 0 aliphatic carbocycles. The van der Waals surface area contributed by atoms with Crippen LogP contribution in [-0.4, -0.2) is 39.8 Å². The third-order valence-corrected chi connectivity index (χ3v) is 8.03. The first kappa shape index (κ1) is 28.5. The molecule has 1 fully saturated rings. The van der Waals surface area contributed by atoms with E-state index in [-0.39, 0.29) is 17.2 Å². The minimum Gasteiger partial charge on any atom is -0.378 e. The number of rotatable bonds is 10. The maximum Gasteiger partial charge on any atom is 0.354 e. The summed E-state index contributed by atoms with van der Waals surface area (Å²) in [5.41, 5.74) is 15.3. The van der Waals surface area contributed by atoms with Crippen molar-refractivity contribution >= 4 is 22.6 Å². The van der Waals surface area contributed by atoms with Gasteiger partial charge in [-0.2, -0.15) is 4.98 Å². The highest BCUT2D eigenvalue weighted by Crippen LogP contribution is 2.33. The number of aromatic amines is 1. The zero-order valence-electron chi connectivity index (χ0n) is 22.8. The monoisotopic (exact) mass is 565 g/mol. The molecule has 0 radical (unpaired) electrons. The van der Waals surface area contributed by atoms with Crippen LogP contribution in [0.3, 0.4) is 0 Å². The Kier molecular flexibility index (Phi) is 9.00. The van der Waals surface area contributed by atoms with Gasteiger partial charge in [-0.3, -0.25) is 4.57 Å². The molecular formula is C31H37ClFN5O2. The van der Waals surface area contributed by atoms with E-state index in [1.54, 1.807) is 24.4 Å². The van der Waals surface area contributed by atoms with E-state index < -0.39 is 11.5 Å². The smallest absolute Gasteiger partial charge is 0.354 e. The first-order chi connectivity index (χ1) is 19.3. The number of aryl methyl sites for hydroxylation is 1. The zero-order chi connectivity index (χ0) is 28.2. The van der Waals surface area contributed by atoms with Gasteiger partial charge in [-0.1, -0.05) is 23.7 Å². The largest absolute Gasteiger partial charge is 0.378 e. The van der Waals surface area contributed by atoms with Crippen molar-refractivity contribution < 1.29 is 9.13 Å². The number of ether oxygens (including phenoxy) is 1. The number of nitrogens with zero attached hydrogens (tertiary/aromatic N) is 2. The summed E-state index contributed by atoms with van der Waals surface area (Å²) in [5.74, 6) is -0.0836. The van der Waals surface area contributed by atoms with Crippen molar-refractivity contribution in [3.05, 3.63) is 81.1 Å². The molecule has 0 bridgehead atoms. The average Bonchev–Trinajstić information content (AvgIpc) is 3.36. The SMILES string of the molecule is C[C@H](N)CCCc1cc(Cl)c(F)c(-c2cc3cn(-c4ccc([C@@H]5CCO[C@@H](CCCN)C5)cc4)c(=O)nc3[nH]2)c1. The fourth-order valence-corrected chi connectivity index (χ4v) is 5.82. The number of nitrogens with two attached hydrogens (primary N) is 2. The molecule has 5 rings (SSSR count). The van der Waals surface area contributed by atoms with Crippen LogP contribution in [0.25, 0.3) is 28.0 Å². The normalized spacial score (nSPS) is 18.3. The van der Waals surface area contributed by atoms with E-state index in [4.69, 9.17) is 27.8 Å². The molecule has 2 aromatic carbocycles. The molecule has 40 heavy (non-hydrogen) atoms. The molecule has 0 unspecified atom stereocenters. The molecule has 1 aliphatic heterocycles. The molecule has 0 spiro atoms. The maximum atomic E-state index is 15.1. The number of aromatic nitrogens is 3. The Hall–Kier alpha value is -3.04. The van der Waals surface area contributed by atoms with Gasteiger partial charge >= 0.3 is 5.69 Å². The summed E-state index contributed by atoms with van der Waals surface area (Å²) in [6.07, 6.45) is 8.40. The third-order valence-electron chi connectivity index (χ3n) is 7.75. The molecule has 3 heterocycles. The van der Waals surface area contributed by atoms with Crippen LogP contribution in [-0.2, 0) is 11.2 Å². The highest BCUT2D eigenvalue weighted by molar-refractivity contribution is 6.31. The van der Waals surface area contributed by atoms with Crippen molar-refractivity contribution in [2.24, 2.45) is 11.5 Å². The lowest BCUT2D eigenvalue weighted by atomic mass is 9.87. The molecule has 3 atom stereocenters. The number of fused-ring (bicyclic) bond motifs is 1. The number of halogens is 2. The van der Waals surface area contributed by atoms with Crippen molar-refractivity contribution in [1.82, 2.24) is 14.5 Å². The van der Waals surface area contributed by atoms with Gasteiger partial charge in [0, 0.05) is 29.8 Å². The number of nitrogens with one attached hydrogen (secondary N) is 1. The lowest BCUT2D eigenvalue weighted by Crippen LogP contribution is -2.25. The highest BCUT2D eigenvalue weighted by atomic mass is 35.5. The van der Waals surface area contributed by atoms with Gasteiger partial charge in [0.1, 0.15) is 5.65 Å². The molecular weight excluding hydrogens is 529 g/mol. The van der Waals surface area contributed by atoms with Crippen molar-refractivity contribution in [3.63, 3.8) is 0 Å². The van der Waals surface area contributed by atoms with E-state index in [1.807, 2.05) is 19.1 Å². The van der Waals surface area contributed by atoms with Crippen LogP contribution in [0.4, 0.5) is 4.39 Å². The lowest BCUT2D eigenvalue weighted by Gasteiger charge is -2.30. The topological polar surface area (TPSA) is 112 Å². The second-order valence-electron chi connectivity index (χ2n) is 10.9. The maximum absolute atomic E-state index is 15.1. The lowest BCUT2D eigenvalue weighted by molar-refractivity contribution is 0.00127. The van der Waals surface area contributed by atoms with Crippen molar-refractivity contribution in [3.8, 4) is 16.9 Å². The van der Waals surface area contributed by atoms with E-state index in [9.17, 15) is 4.79 Å². The van der Waals surface area contributed by atoms with Crippen LogP contribution >= 0.6 is 11.6 Å². The summed E-state index contributed by atoms with van der Waals surface area (Å²) in [5, 5.41) is 0.763. The minimum atomic E-state index is -0.506. The van der Waals surface area contributed by atoms with Crippen molar-refractivity contribution in [2.75, 3.05) is 13.2 Å². The van der Waals surface area contributed by atoms with Gasteiger partial charge in [0.2, 0.25) is 0 Å². The molecule has 212 valence electrons. The first-order valence-electron chi connectivity index (χ1n) is 14.1. The summed E-state index contributed by atoms with van der Waals surface area (Å²) in [7, 11) is 0. The van der Waals surface area contributed by atoms with Gasteiger partial charge in [0.15, 0.2) is 5.82 Å². The molecule has 7 nitrogen and oxygen atoms in total. The Morgan fingerprint density at radius 2 is 2.02 bits per heavy atom. The van der Waals surface area contributed by atoms with Crippen LogP contribution < -0.4 is 17.2 Å². The third kappa shape index (κ3) is 6.47. The van der Waals surface area contributed by atoms with E-state index in [1.165, 1.54) is 10.1 Å². The molecule has 9 heteroatoms. The second-order valence-corrected chi connectivity index (χ2v) is 11.3. The average molecular weight is 566 g/mol. The summed E-state index contributed by atoms with van der Waals surface area (Å²) in [6.45, 7) is 3.40. The number of benzene rings is 2. The number of hydrogen-bond acceptors (Lipinski definition) is 5. The van der Waals surface area contributed by atoms with Gasteiger partial charge in [0.05, 0.1) is 22.5 Å². The standard InChI is InChI=1S/C31H37ClFN5O2/c1-19(35)4-2-5-20-14-26(29(33)27(32)15-20)28-17-23-18-38(31(39)37-30(23)36-28)24-9-7-21(8-10-24)22-11-13-40-25(16-22)6-3-12-34/h7-10,14-15,17-19,22,25H,2-6,11-13,16,34-35H2,1H3,(H,36,37,39)/t19-,22+,25-/m0/s1. The van der Waals surface area contributed by atoms with E-state index in [0.29, 0.717) is 34.8 Å². The number of H-pyrrole nitrogens is 1. The Bertz CT molecular complexity index is 1510. The van der Waals surface area contributed by atoms with E-state index in [2.05, 4.69) is 22.1 Å². The van der Waals surface area contributed by atoms with Crippen LogP contribution in [0.2, 0.25) is 5.02 Å². The van der Waals surface area contributed by atoms with E-state index in [0.717, 1.165) is 62.8 Å². The number of hydrogen-bond donors (Lipinski definition) is 3. The Labute approximate surface area is 238 Å². The zero-order valence-corrected chi connectivity index (χ0v) is 23.6. The van der Waals surface area contributed by atoms with Crippen LogP contribution in [0.5, 0.6) is 0 Å². The van der Waals surface area contributed by atoms with Crippen molar-refractivity contribution in [1.29, 1.82) is 0 Å². The molecule has 0 amide bonds. The molecule has 0 saturated carbocycles. The second kappa shape index (κ2) is 12.6. The van der Waals surface area contributed by atoms with Crippen LogP contribution in [0.1, 0.15) is 62.5 Å². The van der Waals surface area contributed by atoms with E-state index >= 15 is 4.39 Å². The fraction of sp³-hybridized carbons (Fsp3) is 0.419. The summed E-state index contributed by atoms with van der Waals surface area (Å²) >= 11 is 6.24. The van der Waals surface area contributed by atoms with Crippen LogP contribution in [0.15, 0.2) is 53.5 Å². The Morgan fingerprint density at radius 1 is 1.23 bits per heavy atom.